The molecule has 21 heavy (non-hydrogen) atoms. The van der Waals surface area contributed by atoms with Crippen LogP contribution in [0, 0.1) is 0 Å². The molecule has 0 atom stereocenters. The number of benzene rings is 1. The molecule has 2 amide bonds. The highest BCUT2D eigenvalue weighted by Crippen LogP contribution is 2.49. The Hall–Kier alpha value is -0.690. The molecule has 2 aliphatic rings. The Morgan fingerprint density at radius 1 is 1.29 bits per heavy atom. The minimum atomic E-state index is -0.332. The fraction of sp³-hybridized carbons (Fsp3) is 0.533. The second-order valence-corrected chi connectivity index (χ2v) is 7.04. The molecule has 0 unspecified atom stereocenters. The fourth-order valence-corrected chi connectivity index (χ4v) is 3.80. The van der Waals surface area contributed by atoms with Crippen LogP contribution in [0.2, 0.25) is 5.02 Å². The van der Waals surface area contributed by atoms with Crippen LogP contribution in [-0.4, -0.2) is 17.1 Å². The van der Waals surface area contributed by atoms with Crippen molar-refractivity contribution in [3.63, 3.8) is 0 Å². The maximum absolute atomic E-state index is 12.1. The van der Waals surface area contributed by atoms with Gasteiger partial charge in [0.25, 0.3) is 0 Å². The number of nitrogens with one attached hydrogen (secondary N) is 2. The van der Waals surface area contributed by atoms with Gasteiger partial charge in [0.1, 0.15) is 5.75 Å². The van der Waals surface area contributed by atoms with Crippen LogP contribution in [0.1, 0.15) is 37.7 Å². The van der Waals surface area contributed by atoms with Gasteiger partial charge in [0, 0.05) is 9.99 Å². The number of hydrogen-bond donors (Lipinski definition) is 2. The van der Waals surface area contributed by atoms with Gasteiger partial charge in [-0.25, -0.2) is 4.79 Å². The van der Waals surface area contributed by atoms with Gasteiger partial charge in [0.15, 0.2) is 0 Å². The molecule has 1 saturated carbocycles. The summed E-state index contributed by atoms with van der Waals surface area (Å²) in [6.07, 6.45) is 5.31. The molecule has 0 aromatic heterocycles. The summed E-state index contributed by atoms with van der Waals surface area (Å²) in [4.78, 5) is 12.1. The summed E-state index contributed by atoms with van der Waals surface area (Å²) in [6.45, 7) is 0.651. The highest BCUT2D eigenvalue weighted by Gasteiger charge is 2.43. The Kier molecular flexibility index (Phi) is 4.49. The normalized spacial score (nSPS) is 19.6. The quantitative estimate of drug-likeness (QED) is 0.561. The molecule has 1 aromatic rings. The first-order chi connectivity index (χ1) is 10.2. The molecule has 1 aliphatic heterocycles. The maximum Gasteiger partial charge on any atom is 0.319 e. The maximum atomic E-state index is 12.1. The molecular weight excluding hydrogens is 403 g/mol. The SMILES string of the molecule is O=C1Nc2c(Cl)ccc(OCCI)c2C2(CCCCC2)N1. The number of fused-ring (bicyclic) bond motifs is 2. The lowest BCUT2D eigenvalue weighted by Crippen LogP contribution is -2.52. The van der Waals surface area contributed by atoms with Crippen molar-refractivity contribution in [2.75, 3.05) is 16.4 Å². The van der Waals surface area contributed by atoms with E-state index in [1.165, 1.54) is 6.42 Å². The summed E-state index contributed by atoms with van der Waals surface area (Å²) in [5.74, 6) is 0.834. The standard InChI is InChI=1S/C15H18ClIN2O2/c16-10-4-5-11(21-9-8-17)12-13(10)18-14(20)19-15(12)6-2-1-3-7-15/h4-5H,1-3,6-9H2,(H2,18,19,20). The van der Waals surface area contributed by atoms with Crippen molar-refractivity contribution in [1.29, 1.82) is 0 Å². The first-order valence-corrected chi connectivity index (χ1v) is 9.17. The number of carbonyl (C=O) groups is 1. The average Bonchev–Trinajstić information content (AvgIpc) is 2.48. The van der Waals surface area contributed by atoms with Crippen LogP contribution >= 0.6 is 34.2 Å². The Morgan fingerprint density at radius 3 is 2.76 bits per heavy atom. The van der Waals surface area contributed by atoms with Gasteiger partial charge in [-0.1, -0.05) is 53.5 Å². The third-order valence-electron chi connectivity index (χ3n) is 4.23. The van der Waals surface area contributed by atoms with Crippen molar-refractivity contribution in [2.24, 2.45) is 0 Å². The van der Waals surface area contributed by atoms with Gasteiger partial charge < -0.3 is 15.4 Å². The Balaban J connectivity index is 2.11. The molecule has 1 fully saturated rings. The molecular formula is C15H18ClIN2O2. The monoisotopic (exact) mass is 420 g/mol. The molecule has 0 saturated heterocycles. The zero-order chi connectivity index (χ0) is 14.9. The molecule has 3 rings (SSSR count). The minimum absolute atomic E-state index is 0.169. The number of halogens is 2. The van der Waals surface area contributed by atoms with Gasteiger partial charge >= 0.3 is 6.03 Å². The van der Waals surface area contributed by atoms with Crippen molar-refractivity contribution < 1.29 is 9.53 Å². The molecule has 1 spiro atoms. The predicted molar refractivity (Wildman–Crippen MR) is 92.8 cm³/mol. The van der Waals surface area contributed by atoms with Crippen LogP contribution < -0.4 is 15.4 Å². The first-order valence-electron chi connectivity index (χ1n) is 7.27. The lowest BCUT2D eigenvalue weighted by molar-refractivity contribution is 0.204. The Bertz CT molecular complexity index is 559. The zero-order valence-electron chi connectivity index (χ0n) is 11.7. The van der Waals surface area contributed by atoms with Crippen LogP contribution in [0.25, 0.3) is 0 Å². The molecule has 0 bridgehead atoms. The van der Waals surface area contributed by atoms with Gasteiger partial charge in [-0.15, -0.1) is 0 Å². The van der Waals surface area contributed by atoms with E-state index in [4.69, 9.17) is 16.3 Å². The zero-order valence-corrected chi connectivity index (χ0v) is 14.6. The van der Waals surface area contributed by atoms with Crippen LogP contribution in [0.15, 0.2) is 12.1 Å². The summed E-state index contributed by atoms with van der Waals surface area (Å²) < 4.78 is 6.83. The van der Waals surface area contributed by atoms with Crippen LogP contribution in [0.5, 0.6) is 5.75 Å². The minimum Gasteiger partial charge on any atom is -0.492 e. The number of hydrogen-bond acceptors (Lipinski definition) is 2. The average molecular weight is 421 g/mol. The van der Waals surface area contributed by atoms with Crippen LogP contribution in [0.4, 0.5) is 10.5 Å². The van der Waals surface area contributed by atoms with Crippen molar-refractivity contribution in [1.82, 2.24) is 5.32 Å². The highest BCUT2D eigenvalue weighted by atomic mass is 127. The van der Waals surface area contributed by atoms with E-state index in [0.29, 0.717) is 17.3 Å². The van der Waals surface area contributed by atoms with Gasteiger partial charge in [-0.05, 0) is 25.0 Å². The second kappa shape index (κ2) is 6.20. The predicted octanol–water partition coefficient (Wildman–Crippen LogP) is 4.45. The number of ether oxygens (including phenoxy) is 1. The van der Waals surface area contributed by atoms with E-state index in [1.54, 1.807) is 6.07 Å². The Morgan fingerprint density at radius 2 is 2.05 bits per heavy atom. The third kappa shape index (κ3) is 2.82. The Labute approximate surface area is 143 Å². The summed E-state index contributed by atoms with van der Waals surface area (Å²) in [7, 11) is 0. The van der Waals surface area contributed by atoms with E-state index >= 15 is 0 Å². The summed E-state index contributed by atoms with van der Waals surface area (Å²) in [5, 5.41) is 6.57. The van der Waals surface area contributed by atoms with Crippen LogP contribution in [-0.2, 0) is 5.54 Å². The first kappa shape index (κ1) is 15.2. The van der Waals surface area contributed by atoms with Gasteiger partial charge in [-0.2, -0.15) is 0 Å². The summed E-state index contributed by atoms with van der Waals surface area (Å²) >= 11 is 8.61. The molecule has 1 heterocycles. The van der Waals surface area contributed by atoms with Crippen molar-refractivity contribution >= 4 is 45.9 Å². The van der Waals surface area contributed by atoms with E-state index in [-0.39, 0.29) is 11.6 Å². The second-order valence-electron chi connectivity index (χ2n) is 5.55. The van der Waals surface area contributed by atoms with Gasteiger partial charge in [-0.3, -0.25) is 0 Å². The molecule has 0 radical (unpaired) electrons. The topological polar surface area (TPSA) is 50.4 Å². The van der Waals surface area contributed by atoms with E-state index < -0.39 is 0 Å². The van der Waals surface area contributed by atoms with E-state index in [1.807, 2.05) is 6.07 Å². The lowest BCUT2D eigenvalue weighted by Gasteiger charge is -2.43. The smallest absolute Gasteiger partial charge is 0.319 e. The van der Waals surface area contributed by atoms with E-state index in [9.17, 15) is 4.79 Å². The number of anilines is 1. The van der Waals surface area contributed by atoms with Crippen molar-refractivity contribution in [2.45, 2.75) is 37.6 Å². The molecule has 4 nitrogen and oxygen atoms in total. The van der Waals surface area contributed by atoms with Gasteiger partial charge in [0.2, 0.25) is 0 Å². The fourth-order valence-electron chi connectivity index (χ4n) is 3.38. The largest absolute Gasteiger partial charge is 0.492 e. The van der Waals surface area contributed by atoms with E-state index in [0.717, 1.165) is 41.4 Å². The molecule has 114 valence electrons. The molecule has 6 heteroatoms. The molecule has 1 aliphatic carbocycles. The lowest BCUT2D eigenvalue weighted by atomic mass is 9.74. The number of carbonyl (C=O) groups excluding carboxylic acids is 1. The highest BCUT2D eigenvalue weighted by molar-refractivity contribution is 14.1. The van der Waals surface area contributed by atoms with Crippen molar-refractivity contribution in [3.05, 3.63) is 22.7 Å². The van der Waals surface area contributed by atoms with E-state index in [2.05, 4.69) is 33.2 Å². The third-order valence-corrected chi connectivity index (χ3v) is 4.98. The number of urea groups is 1. The summed E-state index contributed by atoms with van der Waals surface area (Å²) in [6, 6.07) is 3.55. The molecule has 2 N–H and O–H groups in total. The van der Waals surface area contributed by atoms with Crippen molar-refractivity contribution in [3.8, 4) is 5.75 Å². The molecule has 1 aromatic carbocycles. The summed E-state index contributed by atoms with van der Waals surface area (Å²) in [5.41, 5.74) is 1.41. The number of alkyl halides is 1. The van der Waals surface area contributed by atoms with Crippen LogP contribution in [0.3, 0.4) is 0 Å². The number of amides is 2. The number of rotatable bonds is 3. The van der Waals surface area contributed by atoms with Gasteiger partial charge in [0.05, 0.1) is 22.9 Å².